The average Bonchev–Trinajstić information content (AvgIpc) is 2.34. The molecule has 2 aromatic carbocycles. The highest BCUT2D eigenvalue weighted by Gasteiger charge is 2.09. The van der Waals surface area contributed by atoms with Gasteiger partial charge in [0.05, 0.1) is 5.56 Å². The normalized spacial score (nSPS) is 10.2. The molecular weight excluding hydrogens is 238 g/mol. The van der Waals surface area contributed by atoms with Crippen molar-refractivity contribution in [3.8, 4) is 11.5 Å². The van der Waals surface area contributed by atoms with E-state index in [1.54, 1.807) is 24.3 Å². The van der Waals surface area contributed by atoms with Crippen molar-refractivity contribution in [2.45, 2.75) is 6.92 Å². The average molecular weight is 248 g/mol. The van der Waals surface area contributed by atoms with E-state index >= 15 is 0 Å². The second-order valence-electron chi connectivity index (χ2n) is 3.73. The van der Waals surface area contributed by atoms with Crippen LogP contribution in [-0.2, 0) is 0 Å². The lowest BCUT2D eigenvalue weighted by Gasteiger charge is -2.09. The van der Waals surface area contributed by atoms with Crippen LogP contribution in [0.1, 0.15) is 17.3 Å². The van der Waals surface area contributed by atoms with Crippen molar-refractivity contribution >= 4 is 5.78 Å². The summed E-state index contributed by atoms with van der Waals surface area (Å²) in [5.74, 6) is -1.64. The Balaban J connectivity index is 2.34. The number of ketones is 1. The predicted octanol–water partition coefficient (Wildman–Crippen LogP) is 3.96. The first kappa shape index (κ1) is 12.2. The highest BCUT2D eigenvalue weighted by atomic mass is 19.2. The van der Waals surface area contributed by atoms with E-state index in [-0.39, 0.29) is 11.5 Å². The first-order valence-corrected chi connectivity index (χ1v) is 5.31. The fourth-order valence-electron chi connectivity index (χ4n) is 1.51. The third-order valence-electron chi connectivity index (χ3n) is 2.39. The molecule has 0 spiro atoms. The standard InChI is InChI=1S/C14H10F2O2/c1-9(17)11-4-2-3-5-14(11)18-10-6-7-12(15)13(16)8-10/h2-8H,1H3. The highest BCUT2D eigenvalue weighted by Crippen LogP contribution is 2.26. The van der Waals surface area contributed by atoms with E-state index in [1.807, 2.05) is 0 Å². The second kappa shape index (κ2) is 4.96. The first-order valence-electron chi connectivity index (χ1n) is 5.31. The Hall–Kier alpha value is -2.23. The van der Waals surface area contributed by atoms with Gasteiger partial charge >= 0.3 is 0 Å². The summed E-state index contributed by atoms with van der Waals surface area (Å²) in [7, 11) is 0. The number of ether oxygens (including phenoxy) is 1. The molecule has 0 N–H and O–H groups in total. The first-order chi connectivity index (χ1) is 8.58. The van der Waals surface area contributed by atoms with Gasteiger partial charge in [0.25, 0.3) is 0 Å². The number of benzene rings is 2. The zero-order valence-electron chi connectivity index (χ0n) is 9.61. The van der Waals surface area contributed by atoms with Crippen molar-refractivity contribution in [2.75, 3.05) is 0 Å². The lowest BCUT2D eigenvalue weighted by Crippen LogP contribution is -1.97. The van der Waals surface area contributed by atoms with Gasteiger partial charge in [0.15, 0.2) is 17.4 Å². The van der Waals surface area contributed by atoms with Crippen LogP contribution >= 0.6 is 0 Å². The molecule has 0 heterocycles. The van der Waals surface area contributed by atoms with Gasteiger partial charge in [-0.15, -0.1) is 0 Å². The third-order valence-corrected chi connectivity index (χ3v) is 2.39. The van der Waals surface area contributed by atoms with Gasteiger partial charge in [-0.1, -0.05) is 12.1 Å². The molecule has 0 aliphatic heterocycles. The largest absolute Gasteiger partial charge is 0.457 e. The molecule has 0 atom stereocenters. The van der Waals surface area contributed by atoms with Crippen LogP contribution in [0.2, 0.25) is 0 Å². The minimum Gasteiger partial charge on any atom is -0.457 e. The van der Waals surface area contributed by atoms with Gasteiger partial charge in [-0.3, -0.25) is 4.79 Å². The van der Waals surface area contributed by atoms with Crippen molar-refractivity contribution in [1.82, 2.24) is 0 Å². The molecule has 4 heteroatoms. The van der Waals surface area contributed by atoms with Gasteiger partial charge in [-0.05, 0) is 31.2 Å². The number of Topliss-reactive ketones (excluding diaryl/α,β-unsaturated/α-hetero) is 1. The van der Waals surface area contributed by atoms with E-state index in [2.05, 4.69) is 0 Å². The molecule has 0 amide bonds. The summed E-state index contributed by atoms with van der Waals surface area (Å²) in [6, 6.07) is 9.81. The van der Waals surface area contributed by atoms with Gasteiger partial charge in [-0.25, -0.2) is 8.78 Å². The molecule has 0 unspecified atom stereocenters. The smallest absolute Gasteiger partial charge is 0.163 e. The molecule has 0 radical (unpaired) electrons. The van der Waals surface area contributed by atoms with Crippen LogP contribution < -0.4 is 4.74 Å². The molecule has 2 nitrogen and oxygen atoms in total. The highest BCUT2D eigenvalue weighted by molar-refractivity contribution is 5.96. The summed E-state index contributed by atoms with van der Waals surface area (Å²) in [4.78, 5) is 11.4. The van der Waals surface area contributed by atoms with E-state index < -0.39 is 11.6 Å². The Morgan fingerprint density at radius 3 is 2.44 bits per heavy atom. The third kappa shape index (κ3) is 2.53. The quantitative estimate of drug-likeness (QED) is 0.768. The minimum atomic E-state index is -0.993. The van der Waals surface area contributed by atoms with Crippen molar-refractivity contribution in [1.29, 1.82) is 0 Å². The molecule has 2 rings (SSSR count). The Labute approximate surface area is 103 Å². The number of hydrogen-bond donors (Lipinski definition) is 0. The van der Waals surface area contributed by atoms with E-state index in [0.717, 1.165) is 12.1 Å². The lowest BCUT2D eigenvalue weighted by molar-refractivity contribution is 0.101. The Morgan fingerprint density at radius 2 is 1.78 bits per heavy atom. The molecule has 0 aliphatic carbocycles. The van der Waals surface area contributed by atoms with Gasteiger partial charge in [0.1, 0.15) is 11.5 Å². The number of hydrogen-bond acceptors (Lipinski definition) is 2. The Morgan fingerprint density at radius 1 is 1.06 bits per heavy atom. The SMILES string of the molecule is CC(=O)c1ccccc1Oc1ccc(F)c(F)c1. The zero-order chi connectivity index (χ0) is 13.1. The molecule has 0 bridgehead atoms. The van der Waals surface area contributed by atoms with Gasteiger partial charge in [0, 0.05) is 6.07 Å². The summed E-state index contributed by atoms with van der Waals surface area (Å²) >= 11 is 0. The van der Waals surface area contributed by atoms with Crippen LogP contribution in [0.15, 0.2) is 42.5 Å². The molecule has 2 aromatic rings. The van der Waals surface area contributed by atoms with E-state index in [4.69, 9.17) is 4.74 Å². The van der Waals surface area contributed by atoms with Gasteiger partial charge in [-0.2, -0.15) is 0 Å². The van der Waals surface area contributed by atoms with Crippen molar-refractivity contribution in [2.24, 2.45) is 0 Å². The topological polar surface area (TPSA) is 26.3 Å². The second-order valence-corrected chi connectivity index (χ2v) is 3.73. The summed E-state index contributed by atoms with van der Waals surface area (Å²) in [5, 5.41) is 0. The summed E-state index contributed by atoms with van der Waals surface area (Å²) in [5.41, 5.74) is 0.391. The van der Waals surface area contributed by atoms with Crippen LogP contribution in [0.3, 0.4) is 0 Å². The molecule has 0 fully saturated rings. The Bertz CT molecular complexity index is 594. The number of rotatable bonds is 3. The maximum atomic E-state index is 13.0. The van der Waals surface area contributed by atoms with E-state index in [9.17, 15) is 13.6 Å². The molecule has 0 saturated carbocycles. The number of carbonyl (C=O) groups excluding carboxylic acids is 1. The van der Waals surface area contributed by atoms with Crippen LogP contribution in [0.4, 0.5) is 8.78 Å². The Kier molecular flexibility index (Phi) is 3.37. The predicted molar refractivity (Wildman–Crippen MR) is 62.9 cm³/mol. The summed E-state index contributed by atoms with van der Waals surface area (Å²) in [6.45, 7) is 1.41. The van der Waals surface area contributed by atoms with Gasteiger partial charge < -0.3 is 4.74 Å². The fraction of sp³-hybridized carbons (Fsp3) is 0.0714. The van der Waals surface area contributed by atoms with Gasteiger partial charge in [0.2, 0.25) is 0 Å². The van der Waals surface area contributed by atoms with E-state index in [0.29, 0.717) is 11.3 Å². The number of carbonyl (C=O) groups is 1. The van der Waals surface area contributed by atoms with Crippen LogP contribution in [-0.4, -0.2) is 5.78 Å². The van der Waals surface area contributed by atoms with Crippen LogP contribution in [0, 0.1) is 11.6 Å². The molecule has 0 aliphatic rings. The van der Waals surface area contributed by atoms with Crippen molar-refractivity contribution in [3.05, 3.63) is 59.7 Å². The number of halogens is 2. The monoisotopic (exact) mass is 248 g/mol. The maximum absolute atomic E-state index is 13.0. The van der Waals surface area contributed by atoms with Crippen molar-refractivity contribution in [3.63, 3.8) is 0 Å². The fourth-order valence-corrected chi connectivity index (χ4v) is 1.51. The molecule has 18 heavy (non-hydrogen) atoms. The molecule has 0 saturated heterocycles. The van der Waals surface area contributed by atoms with Crippen LogP contribution in [0.25, 0.3) is 0 Å². The van der Waals surface area contributed by atoms with Crippen molar-refractivity contribution < 1.29 is 18.3 Å². The number of para-hydroxylation sites is 1. The lowest BCUT2D eigenvalue weighted by atomic mass is 10.1. The molecular formula is C14H10F2O2. The molecule has 0 aromatic heterocycles. The van der Waals surface area contributed by atoms with Crippen LogP contribution in [0.5, 0.6) is 11.5 Å². The zero-order valence-corrected chi connectivity index (χ0v) is 9.61. The maximum Gasteiger partial charge on any atom is 0.163 e. The molecule has 92 valence electrons. The summed E-state index contributed by atoms with van der Waals surface area (Å²) < 4.78 is 31.2. The van der Waals surface area contributed by atoms with E-state index in [1.165, 1.54) is 13.0 Å². The minimum absolute atomic E-state index is 0.141. The summed E-state index contributed by atoms with van der Waals surface area (Å²) in [6.07, 6.45) is 0.